The zero-order valence-corrected chi connectivity index (χ0v) is 11.1. The number of carbonyl (C=O) groups is 2. The van der Waals surface area contributed by atoms with Crippen molar-refractivity contribution in [1.29, 1.82) is 0 Å². The van der Waals surface area contributed by atoms with Gasteiger partial charge in [-0.05, 0) is 30.7 Å². The Labute approximate surface area is 112 Å². The number of rotatable bonds is 6. The van der Waals surface area contributed by atoms with Crippen LogP contribution >= 0.6 is 0 Å². The van der Waals surface area contributed by atoms with E-state index in [2.05, 4.69) is 10.6 Å². The highest BCUT2D eigenvalue weighted by Gasteiger charge is 2.01. The fourth-order valence-corrected chi connectivity index (χ4v) is 1.61. The molecule has 0 atom stereocenters. The Morgan fingerprint density at radius 3 is 2.11 bits per heavy atom. The minimum absolute atomic E-state index is 0.127. The van der Waals surface area contributed by atoms with Gasteiger partial charge in [-0.15, -0.1) is 0 Å². The summed E-state index contributed by atoms with van der Waals surface area (Å²) in [5, 5.41) is 14.5. The first-order valence-corrected chi connectivity index (χ1v) is 6.09. The lowest BCUT2D eigenvalue weighted by atomic mass is 10.2. The van der Waals surface area contributed by atoms with Crippen LogP contribution in [-0.4, -0.2) is 17.0 Å². The molecule has 5 heteroatoms. The Balaban J connectivity index is 2.74. The van der Waals surface area contributed by atoms with E-state index in [-0.39, 0.29) is 5.91 Å². The van der Waals surface area contributed by atoms with Crippen molar-refractivity contribution in [2.24, 2.45) is 0 Å². The second-order valence-corrected chi connectivity index (χ2v) is 4.14. The first-order chi connectivity index (χ1) is 9.01. The van der Waals surface area contributed by atoms with Gasteiger partial charge in [0.25, 0.3) is 0 Å². The highest BCUT2D eigenvalue weighted by atomic mass is 16.4. The third-order valence-electron chi connectivity index (χ3n) is 2.33. The molecule has 0 saturated heterocycles. The van der Waals surface area contributed by atoms with Crippen molar-refractivity contribution >= 4 is 23.3 Å². The molecule has 0 aliphatic rings. The lowest BCUT2D eigenvalue weighted by molar-refractivity contribution is -0.131. The molecule has 0 radical (unpaired) electrons. The summed E-state index contributed by atoms with van der Waals surface area (Å²) in [5.41, 5.74) is 2.15. The fourth-order valence-electron chi connectivity index (χ4n) is 1.61. The maximum atomic E-state index is 10.9. The first-order valence-electron chi connectivity index (χ1n) is 6.09. The molecule has 0 aromatic heterocycles. The summed E-state index contributed by atoms with van der Waals surface area (Å²) >= 11 is 0. The second-order valence-electron chi connectivity index (χ2n) is 4.14. The summed E-state index contributed by atoms with van der Waals surface area (Å²) in [7, 11) is 0. The third-order valence-corrected chi connectivity index (χ3v) is 2.33. The van der Waals surface area contributed by atoms with Crippen molar-refractivity contribution in [3.05, 3.63) is 36.0 Å². The van der Waals surface area contributed by atoms with Crippen LogP contribution < -0.4 is 10.6 Å². The van der Waals surface area contributed by atoms with Gasteiger partial charge in [0.1, 0.15) is 0 Å². The average molecular weight is 262 g/mol. The van der Waals surface area contributed by atoms with Gasteiger partial charge in [0, 0.05) is 30.1 Å². The maximum Gasteiger partial charge on any atom is 0.330 e. The van der Waals surface area contributed by atoms with Crippen molar-refractivity contribution in [1.82, 2.24) is 0 Å². The molecule has 0 saturated carbocycles. The monoisotopic (exact) mass is 262 g/mol. The number of aliphatic carboxylic acids is 1. The van der Waals surface area contributed by atoms with Crippen LogP contribution in [0.25, 0.3) is 0 Å². The van der Waals surface area contributed by atoms with Gasteiger partial charge < -0.3 is 15.7 Å². The average Bonchev–Trinajstić information content (AvgIpc) is 2.30. The highest BCUT2D eigenvalue weighted by Crippen LogP contribution is 2.17. The molecule has 0 bridgehead atoms. The molecule has 3 N–H and O–H groups in total. The molecular weight excluding hydrogens is 244 g/mol. The summed E-state index contributed by atoms with van der Waals surface area (Å²) in [6, 6.07) is 7.09. The highest BCUT2D eigenvalue weighted by molar-refractivity contribution is 5.88. The Hall–Kier alpha value is -2.30. The van der Waals surface area contributed by atoms with Gasteiger partial charge in [0.2, 0.25) is 5.91 Å². The topological polar surface area (TPSA) is 78.4 Å². The molecule has 0 aliphatic heterocycles. The van der Waals surface area contributed by atoms with Gasteiger partial charge in [-0.3, -0.25) is 4.79 Å². The number of carboxylic acids is 1. The van der Waals surface area contributed by atoms with E-state index in [0.717, 1.165) is 12.1 Å². The van der Waals surface area contributed by atoms with Gasteiger partial charge >= 0.3 is 5.97 Å². The number of nitrogens with one attached hydrogen (secondary N) is 2. The molecule has 0 spiro atoms. The summed E-state index contributed by atoms with van der Waals surface area (Å²) in [4.78, 5) is 21.6. The van der Waals surface area contributed by atoms with Gasteiger partial charge in [-0.2, -0.15) is 0 Å². The number of hydrogen-bond acceptors (Lipinski definition) is 3. The normalized spacial score (nSPS) is 10.9. The summed E-state index contributed by atoms with van der Waals surface area (Å²) in [5.74, 6) is -1.09. The van der Waals surface area contributed by atoms with Crippen molar-refractivity contribution < 1.29 is 14.7 Å². The minimum Gasteiger partial charge on any atom is -0.478 e. The zero-order valence-electron chi connectivity index (χ0n) is 11.1. The van der Waals surface area contributed by atoms with Crippen molar-refractivity contribution in [2.75, 3.05) is 10.6 Å². The largest absolute Gasteiger partial charge is 0.478 e. The number of benzene rings is 1. The van der Waals surface area contributed by atoms with Gasteiger partial charge in [-0.25, -0.2) is 4.79 Å². The minimum atomic E-state index is -0.967. The Kier molecular flexibility index (Phi) is 5.60. The van der Waals surface area contributed by atoms with Crippen LogP contribution in [0.15, 0.2) is 36.0 Å². The van der Waals surface area contributed by atoms with E-state index in [1.54, 1.807) is 24.3 Å². The molecule has 1 rings (SSSR count). The number of amides is 1. The van der Waals surface area contributed by atoms with Crippen molar-refractivity contribution in [3.63, 3.8) is 0 Å². The number of anilines is 2. The summed E-state index contributed by atoms with van der Waals surface area (Å²) in [6.07, 6.45) is 2.70. The van der Waals surface area contributed by atoms with Gasteiger partial charge in [-0.1, -0.05) is 13.3 Å². The molecule has 0 fully saturated rings. The molecule has 0 heterocycles. The Morgan fingerprint density at radius 1 is 1.16 bits per heavy atom. The lowest BCUT2D eigenvalue weighted by Gasteiger charge is -2.10. The van der Waals surface area contributed by atoms with E-state index in [1.807, 2.05) is 6.92 Å². The third kappa shape index (κ3) is 5.72. The Morgan fingerprint density at radius 2 is 1.68 bits per heavy atom. The number of carboxylic acid groups (broad SMARTS) is 1. The van der Waals surface area contributed by atoms with Crippen LogP contribution in [0.3, 0.4) is 0 Å². The standard InChI is InChI=1S/C14H18N2O3/c1-3-4-13(9-14(18)19)16-12-7-5-11(6-8-12)15-10(2)17/h5-9,16H,3-4H2,1-2H3,(H,15,17)(H,18,19)/b13-9-. The molecule has 1 aromatic rings. The van der Waals surface area contributed by atoms with Gasteiger partial charge in [0.15, 0.2) is 0 Å². The van der Waals surface area contributed by atoms with Crippen LogP contribution in [-0.2, 0) is 9.59 Å². The van der Waals surface area contributed by atoms with Gasteiger partial charge in [0.05, 0.1) is 0 Å². The van der Waals surface area contributed by atoms with Crippen molar-refractivity contribution in [2.45, 2.75) is 26.7 Å². The van der Waals surface area contributed by atoms with E-state index in [0.29, 0.717) is 17.8 Å². The number of carbonyl (C=O) groups excluding carboxylic acids is 1. The van der Waals surface area contributed by atoms with E-state index in [9.17, 15) is 9.59 Å². The van der Waals surface area contributed by atoms with E-state index >= 15 is 0 Å². The summed E-state index contributed by atoms with van der Waals surface area (Å²) < 4.78 is 0. The molecule has 102 valence electrons. The quantitative estimate of drug-likeness (QED) is 0.689. The molecule has 1 amide bonds. The SMILES string of the molecule is CCC/C(=C/C(=O)O)Nc1ccc(NC(C)=O)cc1. The maximum absolute atomic E-state index is 10.9. The molecule has 5 nitrogen and oxygen atoms in total. The summed E-state index contributed by atoms with van der Waals surface area (Å²) in [6.45, 7) is 3.43. The van der Waals surface area contributed by atoms with E-state index < -0.39 is 5.97 Å². The number of allylic oxidation sites excluding steroid dienone is 1. The molecule has 19 heavy (non-hydrogen) atoms. The molecule has 0 aliphatic carbocycles. The second kappa shape index (κ2) is 7.20. The molecular formula is C14H18N2O3. The molecule has 1 aromatic carbocycles. The predicted molar refractivity (Wildman–Crippen MR) is 75.0 cm³/mol. The first kappa shape index (κ1) is 14.8. The van der Waals surface area contributed by atoms with E-state index in [1.165, 1.54) is 13.0 Å². The van der Waals surface area contributed by atoms with Crippen LogP contribution in [0.5, 0.6) is 0 Å². The predicted octanol–water partition coefficient (Wildman–Crippen LogP) is 2.83. The fraction of sp³-hybridized carbons (Fsp3) is 0.286. The smallest absolute Gasteiger partial charge is 0.330 e. The number of hydrogen-bond donors (Lipinski definition) is 3. The van der Waals surface area contributed by atoms with Crippen LogP contribution in [0.1, 0.15) is 26.7 Å². The van der Waals surface area contributed by atoms with Crippen LogP contribution in [0.4, 0.5) is 11.4 Å². The van der Waals surface area contributed by atoms with E-state index in [4.69, 9.17) is 5.11 Å². The van der Waals surface area contributed by atoms with Crippen LogP contribution in [0, 0.1) is 0 Å². The van der Waals surface area contributed by atoms with Crippen LogP contribution in [0.2, 0.25) is 0 Å². The zero-order chi connectivity index (χ0) is 14.3. The Bertz CT molecular complexity index is 478. The molecule has 0 unspecified atom stereocenters. The lowest BCUT2D eigenvalue weighted by Crippen LogP contribution is -2.06. The van der Waals surface area contributed by atoms with Crippen molar-refractivity contribution in [3.8, 4) is 0 Å².